The van der Waals surface area contributed by atoms with Crippen molar-refractivity contribution >= 4 is 33.2 Å². The lowest BCUT2D eigenvalue weighted by atomic mass is 10.2. The van der Waals surface area contributed by atoms with Crippen molar-refractivity contribution < 1.29 is 9.53 Å². The minimum Gasteiger partial charge on any atom is -0.491 e. The molecule has 0 aliphatic carbocycles. The van der Waals surface area contributed by atoms with Crippen molar-refractivity contribution in [1.29, 1.82) is 0 Å². The number of rotatable bonds is 5. The van der Waals surface area contributed by atoms with Gasteiger partial charge in [0.05, 0.1) is 24.4 Å². The van der Waals surface area contributed by atoms with Crippen LogP contribution in [-0.4, -0.2) is 12.5 Å². The first-order valence-electron chi connectivity index (χ1n) is 6.59. The number of benzene rings is 2. The van der Waals surface area contributed by atoms with Crippen LogP contribution in [0.5, 0.6) is 5.75 Å². The second-order valence-corrected chi connectivity index (χ2v) is 5.52. The third-order valence-corrected chi connectivity index (χ3v) is 3.56. The minimum absolute atomic E-state index is 0.103. The molecule has 1 amide bonds. The number of ether oxygens (including phenoxy) is 1. The molecular weight excluding hydrogens is 332 g/mol. The number of nitrogens with one attached hydrogen (secondary N) is 1. The number of nitrogen functional groups attached to an aromatic ring is 1. The molecule has 0 radical (unpaired) electrons. The van der Waals surface area contributed by atoms with Crippen LogP contribution in [0.2, 0.25) is 0 Å². The smallest absolute Gasteiger partial charge is 0.227 e. The zero-order chi connectivity index (χ0) is 15.2. The molecule has 4 nitrogen and oxygen atoms in total. The zero-order valence-corrected chi connectivity index (χ0v) is 13.3. The van der Waals surface area contributed by atoms with Crippen LogP contribution in [0.25, 0.3) is 0 Å². The van der Waals surface area contributed by atoms with Gasteiger partial charge in [-0.05, 0) is 52.7 Å². The van der Waals surface area contributed by atoms with Crippen molar-refractivity contribution in [3.63, 3.8) is 0 Å². The van der Waals surface area contributed by atoms with Crippen LogP contribution in [0, 0.1) is 6.92 Å². The molecular formula is C16H17BrN2O2. The highest BCUT2D eigenvalue weighted by Crippen LogP contribution is 2.23. The number of aryl methyl sites for hydroxylation is 1. The highest BCUT2D eigenvalue weighted by atomic mass is 79.9. The molecule has 0 saturated heterocycles. The predicted octanol–water partition coefficient (Wildman–Crippen LogP) is 3.75. The summed E-state index contributed by atoms with van der Waals surface area (Å²) in [7, 11) is 0. The predicted molar refractivity (Wildman–Crippen MR) is 88.5 cm³/mol. The summed E-state index contributed by atoms with van der Waals surface area (Å²) in [6, 6.07) is 13.0. The Morgan fingerprint density at radius 3 is 2.76 bits per heavy atom. The second-order valence-electron chi connectivity index (χ2n) is 4.67. The van der Waals surface area contributed by atoms with Crippen molar-refractivity contribution in [2.45, 2.75) is 13.3 Å². The van der Waals surface area contributed by atoms with Gasteiger partial charge in [-0.15, -0.1) is 0 Å². The van der Waals surface area contributed by atoms with Gasteiger partial charge in [0.25, 0.3) is 0 Å². The van der Waals surface area contributed by atoms with Gasteiger partial charge < -0.3 is 15.8 Å². The Morgan fingerprint density at radius 2 is 2.05 bits per heavy atom. The lowest BCUT2D eigenvalue weighted by Crippen LogP contribution is -2.15. The van der Waals surface area contributed by atoms with E-state index in [2.05, 4.69) is 21.2 Å². The van der Waals surface area contributed by atoms with Crippen LogP contribution in [-0.2, 0) is 4.79 Å². The molecule has 0 unspecified atom stereocenters. The van der Waals surface area contributed by atoms with Crippen molar-refractivity contribution in [2.24, 2.45) is 0 Å². The Kier molecular flexibility index (Phi) is 5.22. The maximum Gasteiger partial charge on any atom is 0.227 e. The second kappa shape index (κ2) is 7.13. The van der Waals surface area contributed by atoms with Gasteiger partial charge in [0, 0.05) is 4.47 Å². The molecule has 0 bridgehead atoms. The van der Waals surface area contributed by atoms with E-state index in [0.717, 1.165) is 15.7 Å². The van der Waals surface area contributed by atoms with Gasteiger partial charge in [-0.2, -0.15) is 0 Å². The van der Waals surface area contributed by atoms with E-state index in [9.17, 15) is 4.79 Å². The summed E-state index contributed by atoms with van der Waals surface area (Å²) in [5.74, 6) is 0.496. The molecule has 0 saturated carbocycles. The SMILES string of the molecule is Cc1ccc(NC(=O)CCOc2ccccc2N)c(Br)c1. The monoisotopic (exact) mass is 348 g/mol. The van der Waals surface area contributed by atoms with Crippen LogP contribution in [0.3, 0.4) is 0 Å². The van der Waals surface area contributed by atoms with Crippen LogP contribution in [0.4, 0.5) is 11.4 Å². The van der Waals surface area contributed by atoms with E-state index in [4.69, 9.17) is 10.5 Å². The lowest BCUT2D eigenvalue weighted by molar-refractivity contribution is -0.116. The number of nitrogens with two attached hydrogens (primary N) is 1. The Bertz CT molecular complexity index is 644. The molecule has 2 rings (SSSR count). The molecule has 2 aromatic rings. The van der Waals surface area contributed by atoms with Crippen LogP contribution < -0.4 is 15.8 Å². The first kappa shape index (κ1) is 15.4. The van der Waals surface area contributed by atoms with Gasteiger partial charge >= 0.3 is 0 Å². The first-order chi connectivity index (χ1) is 10.1. The summed E-state index contributed by atoms with van der Waals surface area (Å²) < 4.78 is 6.36. The van der Waals surface area contributed by atoms with E-state index in [0.29, 0.717) is 11.4 Å². The molecule has 2 aromatic carbocycles. The number of hydrogen-bond acceptors (Lipinski definition) is 3. The van der Waals surface area contributed by atoms with Gasteiger partial charge in [-0.25, -0.2) is 0 Å². The summed E-state index contributed by atoms with van der Waals surface area (Å²) in [5.41, 5.74) is 8.21. The number of halogens is 1. The molecule has 0 aliphatic heterocycles. The van der Waals surface area contributed by atoms with Crippen molar-refractivity contribution in [2.75, 3.05) is 17.7 Å². The van der Waals surface area contributed by atoms with Crippen LogP contribution in [0.1, 0.15) is 12.0 Å². The number of carbonyl (C=O) groups is 1. The average molecular weight is 349 g/mol. The summed E-state index contributed by atoms with van der Waals surface area (Å²) in [5, 5.41) is 2.84. The van der Waals surface area contributed by atoms with Crippen molar-refractivity contribution in [3.8, 4) is 5.75 Å². The number of hydrogen-bond donors (Lipinski definition) is 2. The molecule has 0 aliphatic rings. The maximum absolute atomic E-state index is 11.9. The normalized spacial score (nSPS) is 10.2. The molecule has 21 heavy (non-hydrogen) atoms. The number of anilines is 2. The summed E-state index contributed by atoms with van der Waals surface area (Å²) in [6.45, 7) is 2.28. The first-order valence-corrected chi connectivity index (χ1v) is 7.39. The van der Waals surface area contributed by atoms with E-state index in [1.54, 1.807) is 12.1 Å². The average Bonchev–Trinajstić information content (AvgIpc) is 2.44. The highest BCUT2D eigenvalue weighted by molar-refractivity contribution is 9.10. The van der Waals surface area contributed by atoms with E-state index < -0.39 is 0 Å². The molecule has 3 N–H and O–H groups in total. The van der Waals surface area contributed by atoms with Gasteiger partial charge in [0.15, 0.2) is 0 Å². The summed E-state index contributed by atoms with van der Waals surface area (Å²) in [6.07, 6.45) is 0.259. The Morgan fingerprint density at radius 1 is 1.29 bits per heavy atom. The van der Waals surface area contributed by atoms with Crippen molar-refractivity contribution in [1.82, 2.24) is 0 Å². The zero-order valence-electron chi connectivity index (χ0n) is 11.7. The maximum atomic E-state index is 11.9. The molecule has 0 fully saturated rings. The molecule has 5 heteroatoms. The number of amides is 1. The fraction of sp³-hybridized carbons (Fsp3) is 0.188. The van der Waals surface area contributed by atoms with Crippen molar-refractivity contribution in [3.05, 3.63) is 52.5 Å². The van der Waals surface area contributed by atoms with Gasteiger partial charge in [0.2, 0.25) is 5.91 Å². The van der Waals surface area contributed by atoms with Crippen LogP contribution in [0.15, 0.2) is 46.9 Å². The number of carbonyl (C=O) groups excluding carboxylic acids is 1. The van der Waals surface area contributed by atoms with E-state index in [1.807, 2.05) is 37.3 Å². The number of para-hydroxylation sites is 2. The molecule has 0 spiro atoms. The standard InChI is InChI=1S/C16H17BrN2O2/c1-11-6-7-14(12(17)10-11)19-16(20)8-9-21-15-5-3-2-4-13(15)18/h2-7,10H,8-9,18H2,1H3,(H,19,20). The molecule has 0 heterocycles. The minimum atomic E-state index is -0.103. The fourth-order valence-electron chi connectivity index (χ4n) is 1.80. The van der Waals surface area contributed by atoms with E-state index in [-0.39, 0.29) is 18.9 Å². The summed E-state index contributed by atoms with van der Waals surface area (Å²) in [4.78, 5) is 11.9. The Hall–Kier alpha value is -2.01. The molecule has 0 aromatic heterocycles. The third kappa shape index (κ3) is 4.49. The molecule has 0 atom stereocenters. The lowest BCUT2D eigenvalue weighted by Gasteiger charge is -2.10. The topological polar surface area (TPSA) is 64.3 Å². The Labute approximate surface area is 132 Å². The quantitative estimate of drug-likeness (QED) is 0.808. The van der Waals surface area contributed by atoms with Gasteiger partial charge in [0.1, 0.15) is 5.75 Å². The van der Waals surface area contributed by atoms with Crippen LogP contribution >= 0.6 is 15.9 Å². The van der Waals surface area contributed by atoms with E-state index >= 15 is 0 Å². The molecule has 110 valence electrons. The fourth-order valence-corrected chi connectivity index (χ4v) is 2.39. The third-order valence-electron chi connectivity index (χ3n) is 2.90. The van der Waals surface area contributed by atoms with Gasteiger partial charge in [-0.1, -0.05) is 18.2 Å². The Balaban J connectivity index is 1.84. The summed E-state index contributed by atoms with van der Waals surface area (Å²) >= 11 is 3.43. The van der Waals surface area contributed by atoms with E-state index in [1.165, 1.54) is 0 Å². The highest BCUT2D eigenvalue weighted by Gasteiger charge is 2.07. The van der Waals surface area contributed by atoms with Gasteiger partial charge in [-0.3, -0.25) is 4.79 Å². The largest absolute Gasteiger partial charge is 0.491 e.